The largest absolute Gasteiger partial charge is 0.433 e. The first-order valence-electron chi connectivity index (χ1n) is 6.43. The number of nitrogens with one attached hydrogen (secondary N) is 1. The first-order valence-corrected chi connectivity index (χ1v) is 7.87. The molecule has 9 heteroatoms. The summed E-state index contributed by atoms with van der Waals surface area (Å²) in [6.45, 7) is 1.44. The molecule has 1 saturated heterocycles. The molecule has 1 atom stereocenters. The predicted molar refractivity (Wildman–Crippen MR) is 70.0 cm³/mol. The molecule has 1 unspecified atom stereocenters. The van der Waals surface area contributed by atoms with Crippen molar-refractivity contribution in [2.24, 2.45) is 5.92 Å². The topological polar surface area (TPSA) is 62.3 Å². The fraction of sp³-hybridized carbons (Fsp3) is 0.583. The Kier molecular flexibility index (Phi) is 4.54. The molecule has 21 heavy (non-hydrogen) atoms. The van der Waals surface area contributed by atoms with E-state index in [0.717, 1.165) is 18.7 Å². The van der Waals surface area contributed by atoms with Gasteiger partial charge in [0, 0.05) is 19.3 Å². The molecule has 1 aliphatic rings. The summed E-state index contributed by atoms with van der Waals surface area (Å²) in [7, 11) is -1.99. The van der Waals surface area contributed by atoms with E-state index in [4.69, 9.17) is 0 Å². The first kappa shape index (κ1) is 16.2. The number of aromatic nitrogens is 1. The van der Waals surface area contributed by atoms with Gasteiger partial charge < -0.3 is 5.32 Å². The number of hydrogen-bond donors (Lipinski definition) is 1. The Balaban J connectivity index is 2.17. The highest BCUT2D eigenvalue weighted by atomic mass is 32.2. The summed E-state index contributed by atoms with van der Waals surface area (Å²) in [5.74, 6) is 0.215. The maximum Gasteiger partial charge on any atom is 0.433 e. The lowest BCUT2D eigenvalue weighted by Gasteiger charge is -2.16. The van der Waals surface area contributed by atoms with Gasteiger partial charge in [-0.1, -0.05) is 0 Å². The van der Waals surface area contributed by atoms with Crippen LogP contribution in [0.5, 0.6) is 0 Å². The number of hydrogen-bond acceptors (Lipinski definition) is 4. The lowest BCUT2D eigenvalue weighted by atomic mass is 10.1. The lowest BCUT2D eigenvalue weighted by molar-refractivity contribution is -0.141. The fourth-order valence-corrected chi connectivity index (χ4v) is 3.80. The van der Waals surface area contributed by atoms with Crippen molar-refractivity contribution in [1.82, 2.24) is 14.6 Å². The van der Waals surface area contributed by atoms with Gasteiger partial charge in [-0.3, -0.25) is 4.98 Å². The number of alkyl halides is 3. The fourth-order valence-electron chi connectivity index (χ4n) is 2.32. The van der Waals surface area contributed by atoms with E-state index >= 15 is 0 Å². The van der Waals surface area contributed by atoms with Crippen molar-refractivity contribution in [3.63, 3.8) is 0 Å². The molecule has 0 aromatic carbocycles. The second kappa shape index (κ2) is 5.90. The predicted octanol–water partition coefficient (Wildman–Crippen LogP) is 1.33. The molecule has 1 aromatic heterocycles. The van der Waals surface area contributed by atoms with Crippen molar-refractivity contribution in [3.05, 3.63) is 24.0 Å². The summed E-state index contributed by atoms with van der Waals surface area (Å²) in [5, 5.41) is 2.99. The maximum absolute atomic E-state index is 12.4. The third-order valence-electron chi connectivity index (χ3n) is 3.41. The van der Waals surface area contributed by atoms with E-state index in [-0.39, 0.29) is 10.8 Å². The minimum absolute atomic E-state index is 0.208. The van der Waals surface area contributed by atoms with Gasteiger partial charge in [0.25, 0.3) is 0 Å². The molecule has 118 valence electrons. The molecule has 5 nitrogen and oxygen atoms in total. The van der Waals surface area contributed by atoms with Crippen LogP contribution in [0.3, 0.4) is 0 Å². The van der Waals surface area contributed by atoms with Gasteiger partial charge in [0.1, 0.15) is 10.6 Å². The van der Waals surface area contributed by atoms with E-state index in [2.05, 4.69) is 10.3 Å². The van der Waals surface area contributed by atoms with Crippen LogP contribution in [0, 0.1) is 5.92 Å². The van der Waals surface area contributed by atoms with Crippen LogP contribution in [0.2, 0.25) is 0 Å². The Morgan fingerprint density at radius 1 is 1.43 bits per heavy atom. The number of halogens is 3. The van der Waals surface area contributed by atoms with Crippen molar-refractivity contribution < 1.29 is 21.6 Å². The highest BCUT2D eigenvalue weighted by molar-refractivity contribution is 7.89. The van der Waals surface area contributed by atoms with Crippen LogP contribution in [-0.4, -0.2) is 44.4 Å². The van der Waals surface area contributed by atoms with Gasteiger partial charge in [0.15, 0.2) is 0 Å². The smallest absolute Gasteiger partial charge is 0.319 e. The second-order valence-electron chi connectivity index (χ2n) is 4.95. The third-order valence-corrected chi connectivity index (χ3v) is 5.25. The maximum atomic E-state index is 12.4. The van der Waals surface area contributed by atoms with Gasteiger partial charge in [0.05, 0.1) is 0 Å². The van der Waals surface area contributed by atoms with E-state index in [0.29, 0.717) is 25.7 Å². The molecule has 1 fully saturated rings. The molecule has 0 radical (unpaired) electrons. The van der Waals surface area contributed by atoms with Gasteiger partial charge in [-0.25, -0.2) is 8.42 Å². The van der Waals surface area contributed by atoms with Crippen LogP contribution < -0.4 is 5.32 Å². The van der Waals surface area contributed by atoms with Gasteiger partial charge >= 0.3 is 6.18 Å². The van der Waals surface area contributed by atoms with Crippen LogP contribution in [-0.2, 0) is 16.2 Å². The second-order valence-corrected chi connectivity index (χ2v) is 6.89. The van der Waals surface area contributed by atoms with Crippen LogP contribution in [0.4, 0.5) is 13.2 Å². The molecule has 1 N–H and O–H groups in total. The van der Waals surface area contributed by atoms with E-state index in [9.17, 15) is 21.6 Å². The van der Waals surface area contributed by atoms with E-state index in [1.807, 2.05) is 0 Å². The van der Waals surface area contributed by atoms with Gasteiger partial charge in [-0.15, -0.1) is 0 Å². The number of pyridine rings is 1. The molecule has 1 aromatic rings. The summed E-state index contributed by atoms with van der Waals surface area (Å²) >= 11 is 0. The quantitative estimate of drug-likeness (QED) is 0.908. The van der Waals surface area contributed by atoms with Gasteiger partial charge in [0.2, 0.25) is 10.0 Å². The van der Waals surface area contributed by atoms with Crippen LogP contribution in [0.25, 0.3) is 0 Å². The molecule has 0 spiro atoms. The lowest BCUT2D eigenvalue weighted by Crippen LogP contribution is -2.30. The zero-order valence-corrected chi connectivity index (χ0v) is 12.2. The summed E-state index contributed by atoms with van der Waals surface area (Å²) in [6.07, 6.45) is -3.08. The molecule has 0 bridgehead atoms. The van der Waals surface area contributed by atoms with Gasteiger partial charge in [-0.05, 0) is 38.1 Å². The molecule has 0 amide bonds. The Morgan fingerprint density at radius 3 is 2.67 bits per heavy atom. The summed E-state index contributed by atoms with van der Waals surface area (Å²) in [5.41, 5.74) is -1.10. The Morgan fingerprint density at radius 2 is 2.14 bits per heavy atom. The minimum Gasteiger partial charge on any atom is -0.319 e. The van der Waals surface area contributed by atoms with Gasteiger partial charge in [-0.2, -0.15) is 17.5 Å². The number of sulfonamides is 1. The third kappa shape index (κ3) is 3.53. The van der Waals surface area contributed by atoms with Crippen molar-refractivity contribution in [1.29, 1.82) is 0 Å². The monoisotopic (exact) mass is 323 g/mol. The SMILES string of the molecule is CNCC1CCN(S(=O)(=O)c2ccc(C(F)(F)F)nc2)C1. The highest BCUT2D eigenvalue weighted by Gasteiger charge is 2.35. The zero-order chi connectivity index (χ0) is 15.7. The first-order chi connectivity index (χ1) is 9.75. The summed E-state index contributed by atoms with van der Waals surface area (Å²) in [6, 6.07) is 1.64. The highest BCUT2D eigenvalue weighted by Crippen LogP contribution is 2.29. The average Bonchev–Trinajstić information content (AvgIpc) is 2.88. The minimum atomic E-state index is -4.58. The van der Waals surface area contributed by atoms with Crippen molar-refractivity contribution in [2.45, 2.75) is 17.5 Å². The van der Waals surface area contributed by atoms with Crippen molar-refractivity contribution in [2.75, 3.05) is 26.7 Å². The number of rotatable bonds is 4. The molecular weight excluding hydrogens is 307 g/mol. The molecule has 1 aliphatic heterocycles. The Bertz CT molecular complexity index is 587. The Labute approximate surface area is 121 Å². The number of nitrogens with zero attached hydrogens (tertiary/aromatic N) is 2. The van der Waals surface area contributed by atoms with E-state index in [1.165, 1.54) is 4.31 Å². The van der Waals surface area contributed by atoms with Crippen molar-refractivity contribution >= 4 is 10.0 Å². The molecule has 0 saturated carbocycles. The molecule has 2 heterocycles. The van der Waals surface area contributed by atoms with E-state index in [1.54, 1.807) is 7.05 Å². The molecule has 0 aliphatic carbocycles. The van der Waals surface area contributed by atoms with E-state index < -0.39 is 21.9 Å². The van der Waals surface area contributed by atoms with Crippen LogP contribution >= 0.6 is 0 Å². The summed E-state index contributed by atoms with van der Waals surface area (Å²) in [4.78, 5) is 2.99. The zero-order valence-electron chi connectivity index (χ0n) is 11.4. The Hall–Kier alpha value is -1.19. The summed E-state index contributed by atoms with van der Waals surface area (Å²) < 4.78 is 63.2. The average molecular weight is 323 g/mol. The standard InChI is InChI=1S/C12H16F3N3O2S/c1-16-6-9-4-5-18(8-9)21(19,20)10-2-3-11(17-7-10)12(13,14)15/h2-3,7,9,16H,4-6,8H2,1H3. The normalized spacial score (nSPS) is 20.9. The van der Waals surface area contributed by atoms with Crippen LogP contribution in [0.15, 0.2) is 23.2 Å². The van der Waals surface area contributed by atoms with Crippen LogP contribution in [0.1, 0.15) is 12.1 Å². The van der Waals surface area contributed by atoms with Crippen molar-refractivity contribution in [3.8, 4) is 0 Å². The molecular formula is C12H16F3N3O2S. The molecule has 2 rings (SSSR count).